The van der Waals surface area contributed by atoms with E-state index in [1.54, 1.807) is 0 Å². The fraction of sp³-hybridized carbons (Fsp3) is 0. The van der Waals surface area contributed by atoms with Crippen LogP contribution in [0.1, 0.15) is 0 Å². The van der Waals surface area contributed by atoms with Gasteiger partial charge in [0.25, 0.3) is 0 Å². The van der Waals surface area contributed by atoms with Gasteiger partial charge in [-0.15, -0.1) is 0 Å². The maximum atomic E-state index is 9.14. The van der Waals surface area contributed by atoms with E-state index in [2.05, 4.69) is 6.58 Å². The fourth-order valence-corrected chi connectivity index (χ4v) is 0. The van der Waals surface area contributed by atoms with E-state index in [-0.39, 0.29) is 27.3 Å². The molecule has 0 bridgehead atoms. The summed E-state index contributed by atoms with van der Waals surface area (Å²) in [5.74, 6) is -1.23. The number of aliphatic carboxylic acids is 1. The van der Waals surface area contributed by atoms with Crippen LogP contribution < -0.4 is 5.11 Å². The molecule has 0 aliphatic carbocycles. The van der Waals surface area contributed by atoms with Gasteiger partial charge in [-0.2, -0.15) is 0 Å². The van der Waals surface area contributed by atoms with Crippen molar-refractivity contribution >= 4 is 33.3 Å². The fourth-order valence-electron chi connectivity index (χ4n) is 0. The summed E-state index contributed by atoms with van der Waals surface area (Å²) in [5, 5.41) is 9.14. The van der Waals surface area contributed by atoms with Crippen LogP contribution in [0, 0.1) is 0 Å². The topological polar surface area (TPSA) is 40.1 Å². The summed E-state index contributed by atoms with van der Waals surface area (Å²) in [4.78, 5) is 9.14. The summed E-state index contributed by atoms with van der Waals surface area (Å²) in [6, 6.07) is 0. The third-order valence-electron chi connectivity index (χ3n) is 0.167. The Morgan fingerprint density at radius 1 is 1.83 bits per heavy atom. The first kappa shape index (κ1) is 9.46. The van der Waals surface area contributed by atoms with Crippen LogP contribution in [0.3, 0.4) is 0 Å². The first-order valence-electron chi connectivity index (χ1n) is 1.11. The Hall–Kier alpha value is 0.132. The Bertz CT molecular complexity index is 59.8. The van der Waals surface area contributed by atoms with Gasteiger partial charge in [-0.25, -0.2) is 0 Å². The van der Waals surface area contributed by atoms with Crippen LogP contribution in [0.25, 0.3) is 0 Å². The van der Waals surface area contributed by atoms with Crippen LogP contribution in [0.5, 0.6) is 0 Å². The molecule has 0 heterocycles. The predicted molar refractivity (Wildman–Crippen MR) is 21.0 cm³/mol. The molecule has 0 saturated heterocycles. The van der Waals surface area contributed by atoms with Crippen LogP contribution in [0.15, 0.2) is 12.7 Å². The summed E-state index contributed by atoms with van der Waals surface area (Å²) in [6.07, 6.45) is 0.722. The maximum absolute atomic E-state index is 9.14. The molecule has 0 aromatic carbocycles. The Labute approximate surface area is 56.0 Å². The van der Waals surface area contributed by atoms with E-state index in [1.165, 1.54) is 0 Å². The molecule has 0 amide bonds. The molecule has 0 unspecified atom stereocenters. The molecule has 0 spiro atoms. The average Bonchev–Trinajstić information content (AvgIpc) is 1.38. The van der Waals surface area contributed by atoms with Crippen LogP contribution >= 0.6 is 0 Å². The Balaban J connectivity index is 0. The second-order valence-corrected chi connectivity index (χ2v) is 0.523. The Morgan fingerprint density at radius 3 is 2.00 bits per heavy atom. The first-order chi connectivity index (χ1) is 2.27. The summed E-state index contributed by atoms with van der Waals surface area (Å²) in [5.41, 5.74) is 0. The van der Waals surface area contributed by atoms with E-state index in [0.29, 0.717) is 0 Å². The van der Waals surface area contributed by atoms with Crippen molar-refractivity contribution in [1.29, 1.82) is 0 Å². The van der Waals surface area contributed by atoms with E-state index in [9.17, 15) is 0 Å². The second kappa shape index (κ2) is 5.13. The van der Waals surface area contributed by atoms with Gasteiger partial charge in [-0.3, -0.25) is 0 Å². The SMILES string of the molecule is C=CC(=O)[O-].[Pb]. The van der Waals surface area contributed by atoms with Gasteiger partial charge < -0.3 is 9.90 Å². The minimum absolute atomic E-state index is 0. The third-order valence-corrected chi connectivity index (χ3v) is 0.167. The zero-order valence-corrected chi connectivity index (χ0v) is 6.99. The van der Waals surface area contributed by atoms with Crippen LogP contribution in [-0.2, 0) is 4.79 Å². The van der Waals surface area contributed by atoms with Crippen molar-refractivity contribution in [2.45, 2.75) is 0 Å². The number of carbonyl (C=O) groups excluding carboxylic acids is 1. The zero-order valence-electron chi connectivity index (χ0n) is 3.10. The maximum Gasteiger partial charge on any atom is 0.0636 e. The molecule has 0 saturated carbocycles. The Morgan fingerprint density at radius 2 is 2.00 bits per heavy atom. The van der Waals surface area contributed by atoms with Crippen LogP contribution in [0.4, 0.5) is 0 Å². The summed E-state index contributed by atoms with van der Waals surface area (Å²) in [6.45, 7) is 2.90. The van der Waals surface area contributed by atoms with Crippen molar-refractivity contribution < 1.29 is 9.90 Å². The van der Waals surface area contributed by atoms with Crippen molar-refractivity contribution in [2.75, 3.05) is 0 Å². The van der Waals surface area contributed by atoms with Gasteiger partial charge in [0.15, 0.2) is 0 Å². The van der Waals surface area contributed by atoms with E-state index in [1.807, 2.05) is 0 Å². The standard InChI is InChI=1S/C3H4O2.Pb/c1-2-3(4)5;/h2H,1H2,(H,4,5);/p-1. The minimum Gasteiger partial charge on any atom is -0.545 e. The van der Waals surface area contributed by atoms with Gasteiger partial charge in [0.2, 0.25) is 0 Å². The number of hydrogen-bond acceptors (Lipinski definition) is 2. The van der Waals surface area contributed by atoms with Gasteiger partial charge in [0.1, 0.15) is 0 Å². The monoisotopic (exact) mass is 279 g/mol. The smallest absolute Gasteiger partial charge is 0.0636 e. The molecule has 0 N–H and O–H groups in total. The minimum atomic E-state index is -1.23. The predicted octanol–water partition coefficient (Wildman–Crippen LogP) is -1.46. The number of rotatable bonds is 1. The molecule has 6 heavy (non-hydrogen) atoms. The van der Waals surface area contributed by atoms with E-state index < -0.39 is 5.97 Å². The largest absolute Gasteiger partial charge is 0.545 e. The zero-order chi connectivity index (χ0) is 4.28. The summed E-state index contributed by atoms with van der Waals surface area (Å²) < 4.78 is 0. The average molecular weight is 278 g/mol. The van der Waals surface area contributed by atoms with Crippen molar-refractivity contribution in [1.82, 2.24) is 0 Å². The molecule has 0 aliphatic rings. The van der Waals surface area contributed by atoms with Gasteiger partial charge in [0.05, 0.1) is 5.97 Å². The number of carbonyl (C=O) groups is 1. The second-order valence-electron chi connectivity index (χ2n) is 0.523. The van der Waals surface area contributed by atoms with Gasteiger partial charge >= 0.3 is 0 Å². The van der Waals surface area contributed by atoms with Crippen LogP contribution in [0.2, 0.25) is 0 Å². The summed E-state index contributed by atoms with van der Waals surface area (Å²) >= 11 is 0. The van der Waals surface area contributed by atoms with Gasteiger partial charge in [-0.05, 0) is 6.08 Å². The van der Waals surface area contributed by atoms with Crippen LogP contribution in [-0.4, -0.2) is 33.3 Å². The molecular formula is C3H3O2Pb-. The van der Waals surface area contributed by atoms with Gasteiger partial charge in [0, 0.05) is 27.3 Å². The number of carboxylic acid groups (broad SMARTS) is 1. The van der Waals surface area contributed by atoms with E-state index in [4.69, 9.17) is 9.90 Å². The molecule has 3 heteroatoms. The quantitative estimate of drug-likeness (QED) is 0.434. The third kappa shape index (κ3) is 8.92. The number of hydrogen-bond donors (Lipinski definition) is 0. The van der Waals surface area contributed by atoms with E-state index in [0.717, 1.165) is 6.08 Å². The molecule has 0 rings (SSSR count). The Kier molecular flexibility index (Phi) is 8.09. The number of carboxylic acids is 1. The molecule has 0 fully saturated rings. The molecule has 0 aromatic rings. The van der Waals surface area contributed by atoms with Crippen molar-refractivity contribution in [3.8, 4) is 0 Å². The molecule has 4 radical (unpaired) electrons. The van der Waals surface area contributed by atoms with Gasteiger partial charge in [-0.1, -0.05) is 6.58 Å². The molecule has 0 atom stereocenters. The van der Waals surface area contributed by atoms with E-state index >= 15 is 0 Å². The first-order valence-corrected chi connectivity index (χ1v) is 1.11. The summed E-state index contributed by atoms with van der Waals surface area (Å²) in [7, 11) is 0. The molecule has 32 valence electrons. The molecular weight excluding hydrogens is 275 g/mol. The van der Waals surface area contributed by atoms with Crippen molar-refractivity contribution in [2.24, 2.45) is 0 Å². The van der Waals surface area contributed by atoms with Crippen molar-refractivity contribution in [3.05, 3.63) is 12.7 Å². The molecule has 0 aliphatic heterocycles. The van der Waals surface area contributed by atoms with Crippen molar-refractivity contribution in [3.63, 3.8) is 0 Å². The molecule has 0 aromatic heterocycles. The molecule has 2 nitrogen and oxygen atoms in total. The normalized spacial score (nSPS) is 5.33.